The fourth-order valence-electron chi connectivity index (χ4n) is 1.53. The molecule has 0 saturated carbocycles. The van der Waals surface area contributed by atoms with Gasteiger partial charge in [-0.15, -0.1) is 11.8 Å². The van der Waals surface area contributed by atoms with Gasteiger partial charge in [0, 0.05) is 6.54 Å². The molecule has 4 nitrogen and oxygen atoms in total. The van der Waals surface area contributed by atoms with Crippen LogP contribution in [0.1, 0.15) is 26.2 Å². The quantitative estimate of drug-likeness (QED) is 0.744. The standard InChI is InChI=1S/C10H17NO3S/c1-2-7(10(13)14)6-11-9(12)8-4-3-5-15-8/h7-8H,2-6H2,1H3,(H,11,12)(H,13,14). The van der Waals surface area contributed by atoms with Crippen LogP contribution in [-0.2, 0) is 9.59 Å². The molecule has 2 unspecified atom stereocenters. The summed E-state index contributed by atoms with van der Waals surface area (Å²) in [5.41, 5.74) is 0. The predicted octanol–water partition coefficient (Wildman–Crippen LogP) is 1.11. The Hall–Kier alpha value is -0.710. The van der Waals surface area contributed by atoms with Gasteiger partial charge in [-0.2, -0.15) is 0 Å². The van der Waals surface area contributed by atoms with E-state index < -0.39 is 11.9 Å². The zero-order valence-corrected chi connectivity index (χ0v) is 9.68. The molecule has 1 heterocycles. The number of carbonyl (C=O) groups is 2. The summed E-state index contributed by atoms with van der Waals surface area (Å²) < 4.78 is 0. The van der Waals surface area contributed by atoms with Crippen LogP contribution in [0.5, 0.6) is 0 Å². The van der Waals surface area contributed by atoms with E-state index >= 15 is 0 Å². The first-order chi connectivity index (χ1) is 7.15. The number of thioether (sulfide) groups is 1. The number of rotatable bonds is 5. The van der Waals surface area contributed by atoms with Gasteiger partial charge in [0.15, 0.2) is 0 Å². The average molecular weight is 231 g/mol. The lowest BCUT2D eigenvalue weighted by Gasteiger charge is -2.13. The third-order valence-corrected chi connectivity index (χ3v) is 3.96. The molecule has 0 bridgehead atoms. The van der Waals surface area contributed by atoms with Gasteiger partial charge in [-0.05, 0) is 25.0 Å². The molecule has 0 aromatic carbocycles. The molecule has 2 N–H and O–H groups in total. The minimum Gasteiger partial charge on any atom is -0.481 e. The summed E-state index contributed by atoms with van der Waals surface area (Å²) in [5, 5.41) is 11.5. The molecule has 0 spiro atoms. The van der Waals surface area contributed by atoms with Crippen LogP contribution in [0.4, 0.5) is 0 Å². The highest BCUT2D eigenvalue weighted by Crippen LogP contribution is 2.25. The van der Waals surface area contributed by atoms with Crippen molar-refractivity contribution in [3.8, 4) is 0 Å². The Morgan fingerprint density at radius 3 is 2.80 bits per heavy atom. The van der Waals surface area contributed by atoms with Crippen LogP contribution < -0.4 is 5.32 Å². The van der Waals surface area contributed by atoms with Crippen LogP contribution in [0.3, 0.4) is 0 Å². The first-order valence-electron chi connectivity index (χ1n) is 5.27. The van der Waals surface area contributed by atoms with Crippen LogP contribution in [0.25, 0.3) is 0 Å². The molecule has 1 aliphatic heterocycles. The van der Waals surface area contributed by atoms with Crippen molar-refractivity contribution in [3.63, 3.8) is 0 Å². The molecule has 1 amide bonds. The number of carboxylic acids is 1. The lowest BCUT2D eigenvalue weighted by atomic mass is 10.1. The van der Waals surface area contributed by atoms with E-state index in [-0.39, 0.29) is 17.7 Å². The van der Waals surface area contributed by atoms with Gasteiger partial charge >= 0.3 is 5.97 Å². The fourth-order valence-corrected chi connectivity index (χ4v) is 2.71. The summed E-state index contributed by atoms with van der Waals surface area (Å²) in [6, 6.07) is 0. The van der Waals surface area contributed by atoms with Crippen molar-refractivity contribution in [2.24, 2.45) is 5.92 Å². The maximum absolute atomic E-state index is 11.6. The van der Waals surface area contributed by atoms with E-state index in [1.165, 1.54) is 0 Å². The van der Waals surface area contributed by atoms with Crippen LogP contribution in [0.15, 0.2) is 0 Å². The number of carbonyl (C=O) groups excluding carboxylic acids is 1. The second kappa shape index (κ2) is 6.00. The monoisotopic (exact) mass is 231 g/mol. The lowest BCUT2D eigenvalue weighted by molar-refractivity contribution is -0.141. The van der Waals surface area contributed by atoms with Gasteiger partial charge < -0.3 is 10.4 Å². The van der Waals surface area contributed by atoms with Crippen molar-refractivity contribution < 1.29 is 14.7 Å². The van der Waals surface area contributed by atoms with Gasteiger partial charge in [0.1, 0.15) is 0 Å². The second-order valence-corrected chi connectivity index (χ2v) is 5.00. The van der Waals surface area contributed by atoms with Gasteiger partial charge in [0.25, 0.3) is 0 Å². The van der Waals surface area contributed by atoms with Crippen molar-refractivity contribution in [2.45, 2.75) is 31.4 Å². The molecule has 0 aromatic heterocycles. The normalized spacial score (nSPS) is 22.3. The summed E-state index contributed by atoms with van der Waals surface area (Å²) in [6.07, 6.45) is 2.55. The summed E-state index contributed by atoms with van der Waals surface area (Å²) >= 11 is 1.66. The Labute approximate surface area is 93.8 Å². The first kappa shape index (κ1) is 12.4. The van der Waals surface area contributed by atoms with Crippen LogP contribution in [0.2, 0.25) is 0 Å². The third-order valence-electron chi connectivity index (χ3n) is 2.59. The molecule has 0 radical (unpaired) electrons. The highest BCUT2D eigenvalue weighted by molar-refractivity contribution is 8.00. The van der Waals surface area contributed by atoms with Gasteiger partial charge in [-0.25, -0.2) is 0 Å². The number of hydrogen-bond donors (Lipinski definition) is 2. The maximum atomic E-state index is 11.6. The van der Waals surface area contributed by atoms with Gasteiger partial charge in [0.05, 0.1) is 11.2 Å². The van der Waals surface area contributed by atoms with Gasteiger partial charge in [-0.1, -0.05) is 6.92 Å². The Morgan fingerprint density at radius 1 is 1.60 bits per heavy atom. The summed E-state index contributed by atoms with van der Waals surface area (Å²) in [5.74, 6) is -0.261. The molecular formula is C10H17NO3S. The minimum atomic E-state index is -0.836. The highest BCUT2D eigenvalue weighted by Gasteiger charge is 2.24. The van der Waals surface area contributed by atoms with E-state index in [4.69, 9.17) is 5.11 Å². The second-order valence-electron chi connectivity index (χ2n) is 3.69. The minimum absolute atomic E-state index is 0.00259. The van der Waals surface area contributed by atoms with Crippen molar-refractivity contribution in [2.75, 3.05) is 12.3 Å². The molecule has 1 aliphatic rings. The molecule has 0 aromatic rings. The smallest absolute Gasteiger partial charge is 0.308 e. The number of carboxylic acid groups (broad SMARTS) is 1. The van der Waals surface area contributed by atoms with Crippen molar-refractivity contribution in [1.29, 1.82) is 0 Å². The molecular weight excluding hydrogens is 214 g/mol. The maximum Gasteiger partial charge on any atom is 0.308 e. The number of nitrogens with one attached hydrogen (secondary N) is 1. The van der Waals surface area contributed by atoms with Gasteiger partial charge in [-0.3, -0.25) is 9.59 Å². The summed E-state index contributed by atoms with van der Waals surface area (Å²) in [4.78, 5) is 22.3. The van der Waals surface area contributed by atoms with Crippen molar-refractivity contribution in [1.82, 2.24) is 5.32 Å². The van der Waals surface area contributed by atoms with E-state index in [1.54, 1.807) is 11.8 Å². The molecule has 5 heteroatoms. The number of amides is 1. The van der Waals surface area contributed by atoms with Crippen LogP contribution in [-0.4, -0.2) is 34.5 Å². The summed E-state index contributed by atoms with van der Waals surface area (Å²) in [7, 11) is 0. The predicted molar refractivity (Wildman–Crippen MR) is 59.9 cm³/mol. The number of hydrogen-bond acceptors (Lipinski definition) is 3. The third kappa shape index (κ3) is 3.74. The van der Waals surface area contributed by atoms with Gasteiger partial charge in [0.2, 0.25) is 5.91 Å². The van der Waals surface area contributed by atoms with E-state index in [9.17, 15) is 9.59 Å². The molecule has 15 heavy (non-hydrogen) atoms. The summed E-state index contributed by atoms with van der Waals surface area (Å²) in [6.45, 7) is 2.07. The topological polar surface area (TPSA) is 66.4 Å². The van der Waals surface area contributed by atoms with E-state index in [2.05, 4.69) is 5.32 Å². The average Bonchev–Trinajstić information content (AvgIpc) is 2.70. The van der Waals surface area contributed by atoms with E-state index in [1.807, 2.05) is 6.92 Å². The van der Waals surface area contributed by atoms with Crippen molar-refractivity contribution in [3.05, 3.63) is 0 Å². The zero-order chi connectivity index (χ0) is 11.3. The SMILES string of the molecule is CCC(CNC(=O)C1CCCS1)C(=O)O. The Morgan fingerprint density at radius 2 is 2.33 bits per heavy atom. The zero-order valence-electron chi connectivity index (χ0n) is 8.86. The molecule has 1 fully saturated rings. The molecule has 0 aliphatic carbocycles. The van der Waals surface area contributed by atoms with E-state index in [0.29, 0.717) is 6.42 Å². The van der Waals surface area contributed by atoms with Crippen LogP contribution in [0, 0.1) is 5.92 Å². The molecule has 1 saturated heterocycles. The van der Waals surface area contributed by atoms with E-state index in [0.717, 1.165) is 18.6 Å². The first-order valence-corrected chi connectivity index (χ1v) is 6.32. The lowest BCUT2D eigenvalue weighted by Crippen LogP contribution is -2.37. The van der Waals surface area contributed by atoms with Crippen LogP contribution >= 0.6 is 11.8 Å². The molecule has 86 valence electrons. The molecule has 2 atom stereocenters. The Balaban J connectivity index is 2.28. The highest BCUT2D eigenvalue weighted by atomic mass is 32.2. The fraction of sp³-hybridized carbons (Fsp3) is 0.800. The number of aliphatic carboxylic acids is 1. The largest absolute Gasteiger partial charge is 0.481 e. The van der Waals surface area contributed by atoms with Crippen molar-refractivity contribution >= 4 is 23.6 Å². The molecule has 1 rings (SSSR count). The Bertz CT molecular complexity index is 239. The Kier molecular flexibility index (Phi) is 4.94.